The molecule has 1 fully saturated rings. The number of nitrogens with two attached hydrogens (primary N) is 1. The predicted octanol–water partition coefficient (Wildman–Crippen LogP) is 1.16. The number of morpholine rings is 1. The number of benzene rings is 1. The first-order valence-electron chi connectivity index (χ1n) is 5.97. The van der Waals surface area contributed by atoms with Gasteiger partial charge in [-0.2, -0.15) is 0 Å². The first kappa shape index (κ1) is 12.2. The maximum atomic E-state index is 9.17. The summed E-state index contributed by atoms with van der Waals surface area (Å²) < 4.78 is 5.52. The summed E-state index contributed by atoms with van der Waals surface area (Å²) in [4.78, 5) is 2.21. The number of aryl methyl sites for hydroxylation is 1. The molecule has 0 saturated carbocycles. The second kappa shape index (κ2) is 4.94. The number of aliphatic hydroxyl groups is 1. The molecule has 4 heteroatoms. The molecule has 1 aliphatic rings. The van der Waals surface area contributed by atoms with Crippen molar-refractivity contribution in [1.29, 1.82) is 0 Å². The summed E-state index contributed by atoms with van der Waals surface area (Å²) in [6.07, 6.45) is -0.119. The average molecular weight is 236 g/mol. The van der Waals surface area contributed by atoms with E-state index in [1.54, 1.807) is 0 Å². The van der Waals surface area contributed by atoms with Crippen molar-refractivity contribution in [3.05, 3.63) is 23.8 Å². The number of hydrogen-bond donors (Lipinski definition) is 2. The van der Waals surface area contributed by atoms with Gasteiger partial charge in [0.15, 0.2) is 0 Å². The summed E-state index contributed by atoms with van der Waals surface area (Å²) >= 11 is 0. The van der Waals surface area contributed by atoms with Crippen LogP contribution in [0.4, 0.5) is 11.4 Å². The number of ether oxygens (including phenoxy) is 1. The van der Waals surface area contributed by atoms with Gasteiger partial charge in [0.2, 0.25) is 0 Å². The zero-order valence-electron chi connectivity index (χ0n) is 10.4. The van der Waals surface area contributed by atoms with E-state index >= 15 is 0 Å². The minimum atomic E-state index is -0.119. The van der Waals surface area contributed by atoms with Gasteiger partial charge in [-0.3, -0.25) is 0 Å². The number of aliphatic hydroxyl groups excluding tert-OH is 1. The van der Waals surface area contributed by atoms with Crippen LogP contribution in [-0.4, -0.2) is 37.0 Å². The molecule has 2 atom stereocenters. The zero-order valence-corrected chi connectivity index (χ0v) is 10.4. The van der Waals surface area contributed by atoms with Crippen LogP contribution in [0.5, 0.6) is 0 Å². The molecule has 1 aromatic carbocycles. The average Bonchev–Trinajstić information content (AvgIpc) is 2.30. The Balaban J connectivity index is 2.24. The third kappa shape index (κ3) is 2.53. The largest absolute Gasteiger partial charge is 0.397 e. The summed E-state index contributed by atoms with van der Waals surface area (Å²) in [5.41, 5.74) is 9.03. The fourth-order valence-electron chi connectivity index (χ4n) is 2.20. The van der Waals surface area contributed by atoms with Crippen LogP contribution >= 0.6 is 0 Å². The van der Waals surface area contributed by atoms with E-state index < -0.39 is 0 Å². The normalized spacial score (nSPS) is 25.0. The number of hydrogen-bond acceptors (Lipinski definition) is 4. The van der Waals surface area contributed by atoms with Crippen LogP contribution in [0.25, 0.3) is 0 Å². The second-order valence-corrected chi connectivity index (χ2v) is 4.70. The van der Waals surface area contributed by atoms with Crippen LogP contribution in [0, 0.1) is 6.92 Å². The molecule has 1 heterocycles. The first-order valence-corrected chi connectivity index (χ1v) is 5.97. The Bertz CT molecular complexity index is 395. The van der Waals surface area contributed by atoms with E-state index in [1.807, 2.05) is 19.1 Å². The van der Waals surface area contributed by atoms with Crippen molar-refractivity contribution in [2.75, 3.05) is 30.4 Å². The summed E-state index contributed by atoms with van der Waals surface area (Å²) in [5, 5.41) is 9.17. The van der Waals surface area contributed by atoms with Crippen LogP contribution < -0.4 is 10.6 Å². The Labute approximate surface area is 102 Å². The van der Waals surface area contributed by atoms with Crippen LogP contribution in [0.15, 0.2) is 18.2 Å². The highest BCUT2D eigenvalue weighted by Crippen LogP contribution is 2.28. The molecule has 1 aromatic rings. The van der Waals surface area contributed by atoms with E-state index in [4.69, 9.17) is 10.5 Å². The number of nitrogens with zero attached hydrogens (tertiary/aromatic N) is 1. The quantitative estimate of drug-likeness (QED) is 0.757. The molecule has 3 N–H and O–H groups in total. The van der Waals surface area contributed by atoms with Gasteiger partial charge in [-0.05, 0) is 31.5 Å². The maximum Gasteiger partial charge on any atom is 0.0981 e. The molecule has 2 unspecified atom stereocenters. The summed E-state index contributed by atoms with van der Waals surface area (Å²) in [5.74, 6) is 0. The van der Waals surface area contributed by atoms with Gasteiger partial charge in [-0.1, -0.05) is 6.07 Å². The van der Waals surface area contributed by atoms with Crippen molar-refractivity contribution in [2.45, 2.75) is 26.0 Å². The summed E-state index contributed by atoms with van der Waals surface area (Å²) in [6.45, 7) is 5.49. The maximum absolute atomic E-state index is 9.17. The lowest BCUT2D eigenvalue weighted by Gasteiger charge is -2.39. The Morgan fingerprint density at radius 2 is 2.29 bits per heavy atom. The highest BCUT2D eigenvalue weighted by molar-refractivity contribution is 5.69. The van der Waals surface area contributed by atoms with Crippen LogP contribution in [0.2, 0.25) is 0 Å². The van der Waals surface area contributed by atoms with Gasteiger partial charge in [-0.15, -0.1) is 0 Å². The molecule has 0 spiro atoms. The van der Waals surface area contributed by atoms with Gasteiger partial charge >= 0.3 is 0 Å². The molecule has 0 aliphatic carbocycles. The molecule has 4 nitrogen and oxygen atoms in total. The Morgan fingerprint density at radius 3 is 2.94 bits per heavy atom. The Kier molecular flexibility index (Phi) is 3.54. The Hall–Kier alpha value is -1.26. The van der Waals surface area contributed by atoms with Gasteiger partial charge < -0.3 is 20.5 Å². The van der Waals surface area contributed by atoms with Gasteiger partial charge in [0.25, 0.3) is 0 Å². The minimum absolute atomic E-state index is 0.0506. The summed E-state index contributed by atoms with van der Waals surface area (Å²) in [6, 6.07) is 6.36. The van der Waals surface area contributed by atoms with Crippen molar-refractivity contribution in [3.8, 4) is 0 Å². The smallest absolute Gasteiger partial charge is 0.0981 e. The molecule has 94 valence electrons. The fraction of sp³-hybridized carbons (Fsp3) is 0.538. The highest BCUT2D eigenvalue weighted by Gasteiger charge is 2.26. The number of rotatable bonds is 2. The summed E-state index contributed by atoms with van der Waals surface area (Å²) in [7, 11) is 0. The van der Waals surface area contributed by atoms with E-state index in [2.05, 4.69) is 17.9 Å². The van der Waals surface area contributed by atoms with E-state index in [1.165, 1.54) is 0 Å². The van der Waals surface area contributed by atoms with Gasteiger partial charge in [0.1, 0.15) is 0 Å². The van der Waals surface area contributed by atoms with Gasteiger partial charge in [0.05, 0.1) is 30.7 Å². The molecule has 0 aromatic heterocycles. The van der Waals surface area contributed by atoms with Crippen LogP contribution in [-0.2, 0) is 4.74 Å². The Morgan fingerprint density at radius 1 is 1.53 bits per heavy atom. The third-order valence-electron chi connectivity index (χ3n) is 3.20. The van der Waals surface area contributed by atoms with Crippen molar-refractivity contribution < 1.29 is 9.84 Å². The minimum Gasteiger partial charge on any atom is -0.397 e. The van der Waals surface area contributed by atoms with Gasteiger partial charge in [-0.25, -0.2) is 0 Å². The van der Waals surface area contributed by atoms with Crippen molar-refractivity contribution in [2.24, 2.45) is 0 Å². The third-order valence-corrected chi connectivity index (χ3v) is 3.20. The highest BCUT2D eigenvalue weighted by atomic mass is 16.5. The van der Waals surface area contributed by atoms with Gasteiger partial charge in [0, 0.05) is 12.6 Å². The molecule has 0 bridgehead atoms. The zero-order chi connectivity index (χ0) is 12.4. The monoisotopic (exact) mass is 236 g/mol. The lowest BCUT2D eigenvalue weighted by molar-refractivity contribution is -0.0102. The molecule has 0 radical (unpaired) electrons. The van der Waals surface area contributed by atoms with Crippen molar-refractivity contribution >= 4 is 11.4 Å². The molecular formula is C13H20N2O2. The molecule has 0 amide bonds. The number of nitrogen functional groups attached to an aromatic ring is 1. The fourth-order valence-corrected chi connectivity index (χ4v) is 2.20. The number of anilines is 2. The molecule has 17 heavy (non-hydrogen) atoms. The van der Waals surface area contributed by atoms with Crippen molar-refractivity contribution in [3.63, 3.8) is 0 Å². The SMILES string of the molecule is Cc1ccc(N2CC(CO)OCC2C)c(N)c1. The van der Waals surface area contributed by atoms with Crippen LogP contribution in [0.1, 0.15) is 12.5 Å². The van der Waals surface area contributed by atoms with E-state index in [0.717, 1.165) is 16.9 Å². The van der Waals surface area contributed by atoms with Crippen LogP contribution in [0.3, 0.4) is 0 Å². The standard InChI is InChI=1S/C13H20N2O2/c1-9-3-4-13(12(14)5-9)15-6-11(7-16)17-8-10(15)2/h3-5,10-11,16H,6-8,14H2,1-2H3. The van der Waals surface area contributed by atoms with Crippen molar-refractivity contribution in [1.82, 2.24) is 0 Å². The molecule has 2 rings (SSSR count). The van der Waals surface area contributed by atoms with E-state index in [9.17, 15) is 5.11 Å². The molecular weight excluding hydrogens is 216 g/mol. The first-order chi connectivity index (χ1) is 8.11. The molecule has 1 aliphatic heterocycles. The predicted molar refractivity (Wildman–Crippen MR) is 69.2 cm³/mol. The lowest BCUT2D eigenvalue weighted by atomic mass is 10.1. The lowest BCUT2D eigenvalue weighted by Crippen LogP contribution is -2.49. The molecule has 1 saturated heterocycles. The topological polar surface area (TPSA) is 58.7 Å². The second-order valence-electron chi connectivity index (χ2n) is 4.70. The van der Waals surface area contributed by atoms with E-state index in [-0.39, 0.29) is 18.8 Å². The van der Waals surface area contributed by atoms with E-state index in [0.29, 0.717) is 13.2 Å².